The van der Waals surface area contributed by atoms with Gasteiger partial charge in [-0.3, -0.25) is 0 Å². The van der Waals surface area contributed by atoms with Crippen LogP contribution in [0.15, 0.2) is 170 Å². The van der Waals surface area contributed by atoms with E-state index in [9.17, 15) is 0 Å². The SMILES string of the molecule is c1ccc(-c2cccnc2-c2c(-c3ccccc3)ccc(-c3c(-c4ccccc4)ccc4[se]c5ccccc5c34)c2-c2ccnnn2)cc1. The van der Waals surface area contributed by atoms with Gasteiger partial charge in [0.2, 0.25) is 0 Å². The van der Waals surface area contributed by atoms with Gasteiger partial charge in [-0.25, -0.2) is 0 Å². The Kier molecular flexibility index (Phi) is 7.47. The van der Waals surface area contributed by atoms with Gasteiger partial charge in [0.15, 0.2) is 0 Å². The van der Waals surface area contributed by atoms with Gasteiger partial charge < -0.3 is 0 Å². The van der Waals surface area contributed by atoms with Gasteiger partial charge in [0.1, 0.15) is 0 Å². The monoisotopic (exact) mass is 692 g/mol. The van der Waals surface area contributed by atoms with Crippen LogP contribution >= 0.6 is 0 Å². The van der Waals surface area contributed by atoms with E-state index in [1.165, 1.54) is 36.0 Å². The molecule has 0 saturated carbocycles. The molecule has 0 aliphatic rings. The predicted octanol–water partition coefficient (Wildman–Crippen LogP) is 10.6. The maximum atomic E-state index is 5.16. The first-order valence-corrected chi connectivity index (χ1v) is 17.9. The number of fused-ring (bicyclic) bond motifs is 3. The molecule has 0 spiro atoms. The zero-order chi connectivity index (χ0) is 32.6. The van der Waals surface area contributed by atoms with E-state index >= 15 is 0 Å². The topological polar surface area (TPSA) is 51.6 Å². The van der Waals surface area contributed by atoms with Gasteiger partial charge in [0.05, 0.1) is 0 Å². The van der Waals surface area contributed by atoms with Gasteiger partial charge in [0.25, 0.3) is 0 Å². The molecule has 230 valence electrons. The summed E-state index contributed by atoms with van der Waals surface area (Å²) in [6.07, 6.45) is 3.62. The molecule has 0 N–H and O–H groups in total. The van der Waals surface area contributed by atoms with Crippen molar-refractivity contribution in [3.63, 3.8) is 0 Å². The normalized spacial score (nSPS) is 11.3. The molecule has 3 aromatic heterocycles. The molecule has 0 bridgehead atoms. The summed E-state index contributed by atoms with van der Waals surface area (Å²) in [5.74, 6) is 0. The van der Waals surface area contributed by atoms with Crippen LogP contribution in [0.1, 0.15) is 0 Å². The van der Waals surface area contributed by atoms with Gasteiger partial charge in [-0.2, -0.15) is 0 Å². The van der Waals surface area contributed by atoms with Crippen LogP contribution in [0.4, 0.5) is 0 Å². The van der Waals surface area contributed by atoms with E-state index in [1.54, 1.807) is 6.20 Å². The van der Waals surface area contributed by atoms with Crippen LogP contribution < -0.4 is 0 Å². The Morgan fingerprint density at radius 1 is 0.408 bits per heavy atom. The summed E-state index contributed by atoms with van der Waals surface area (Å²) < 4.78 is 2.78. The van der Waals surface area contributed by atoms with Gasteiger partial charge >= 0.3 is 291 Å². The first-order chi connectivity index (χ1) is 24.3. The molecule has 3 heterocycles. The molecule has 0 atom stereocenters. The summed E-state index contributed by atoms with van der Waals surface area (Å²) in [4.78, 5) is 5.16. The van der Waals surface area contributed by atoms with Crippen molar-refractivity contribution >= 4 is 33.8 Å². The van der Waals surface area contributed by atoms with Crippen LogP contribution in [0.5, 0.6) is 0 Å². The molecule has 0 amide bonds. The standard InChI is InChI=1S/C44H28N4Se/c1-4-13-29(14-5-1)32-24-25-39-42(35-19-10-11-21-38(35)49-39)40(32)36-23-22-33(30-15-6-2-7-16-30)43(41(36)37-26-28-46-48-47-37)44-34(20-12-27-45-44)31-17-8-3-9-18-31/h1-28H. The number of hydrogen-bond acceptors (Lipinski definition) is 4. The van der Waals surface area contributed by atoms with Crippen molar-refractivity contribution in [1.82, 2.24) is 20.4 Å². The van der Waals surface area contributed by atoms with E-state index in [1.807, 2.05) is 24.4 Å². The van der Waals surface area contributed by atoms with E-state index in [-0.39, 0.29) is 14.5 Å². The first-order valence-electron chi connectivity index (χ1n) is 16.2. The Morgan fingerprint density at radius 3 is 1.71 bits per heavy atom. The van der Waals surface area contributed by atoms with Gasteiger partial charge in [-0.15, -0.1) is 0 Å². The van der Waals surface area contributed by atoms with Crippen molar-refractivity contribution in [2.45, 2.75) is 0 Å². The average molecular weight is 692 g/mol. The second-order valence-corrected chi connectivity index (χ2v) is 14.1. The minimum absolute atomic E-state index is 0.195. The van der Waals surface area contributed by atoms with Crippen molar-refractivity contribution in [3.05, 3.63) is 170 Å². The van der Waals surface area contributed by atoms with Gasteiger partial charge in [-0.05, 0) is 0 Å². The fraction of sp³-hybridized carbons (Fsp3) is 0. The van der Waals surface area contributed by atoms with Crippen LogP contribution in [-0.2, 0) is 0 Å². The van der Waals surface area contributed by atoms with E-state index in [4.69, 9.17) is 10.1 Å². The molecule has 0 saturated heterocycles. The second-order valence-electron chi connectivity index (χ2n) is 11.9. The third-order valence-electron chi connectivity index (χ3n) is 9.08. The number of rotatable bonds is 6. The van der Waals surface area contributed by atoms with Gasteiger partial charge in [0, 0.05) is 0 Å². The molecule has 9 aromatic rings. The van der Waals surface area contributed by atoms with Crippen molar-refractivity contribution < 1.29 is 0 Å². The molecular formula is C44H28N4Se. The number of benzene rings is 6. The minimum atomic E-state index is 0.195. The molecule has 6 aromatic carbocycles. The number of nitrogens with zero attached hydrogens (tertiary/aromatic N) is 4. The van der Waals surface area contributed by atoms with E-state index in [2.05, 4.69) is 150 Å². The van der Waals surface area contributed by atoms with Crippen molar-refractivity contribution in [2.75, 3.05) is 0 Å². The van der Waals surface area contributed by atoms with E-state index < -0.39 is 0 Å². The summed E-state index contributed by atoms with van der Waals surface area (Å²) in [5.41, 5.74) is 12.6. The second kappa shape index (κ2) is 12.6. The molecule has 4 nitrogen and oxygen atoms in total. The fourth-order valence-corrected chi connectivity index (χ4v) is 9.30. The van der Waals surface area contributed by atoms with Crippen LogP contribution in [0.25, 0.3) is 86.3 Å². The maximum absolute atomic E-state index is 5.16. The quantitative estimate of drug-likeness (QED) is 0.163. The Morgan fingerprint density at radius 2 is 1.02 bits per heavy atom. The van der Waals surface area contributed by atoms with Crippen molar-refractivity contribution in [3.8, 4) is 67.0 Å². The Bertz CT molecular complexity index is 2580. The van der Waals surface area contributed by atoms with Gasteiger partial charge in [-0.1, -0.05) is 0 Å². The number of pyridine rings is 1. The summed E-state index contributed by atoms with van der Waals surface area (Å²) >= 11 is 0.195. The Labute approximate surface area is 290 Å². The van der Waals surface area contributed by atoms with Crippen LogP contribution in [0, 0.1) is 0 Å². The summed E-state index contributed by atoms with van der Waals surface area (Å²) in [7, 11) is 0. The molecular weight excluding hydrogens is 663 g/mol. The average Bonchev–Trinajstić information content (AvgIpc) is 3.57. The third kappa shape index (κ3) is 5.17. The molecule has 49 heavy (non-hydrogen) atoms. The number of aromatic nitrogens is 4. The Hall–Kier alpha value is -6.00. The molecule has 0 radical (unpaired) electrons. The molecule has 0 unspecified atom stereocenters. The fourth-order valence-electron chi connectivity index (χ4n) is 6.97. The zero-order valence-corrected chi connectivity index (χ0v) is 28.1. The summed E-state index contributed by atoms with van der Waals surface area (Å²) in [5, 5.41) is 15.6. The van der Waals surface area contributed by atoms with E-state index in [0.29, 0.717) is 0 Å². The van der Waals surface area contributed by atoms with Crippen LogP contribution in [0.3, 0.4) is 0 Å². The zero-order valence-electron chi connectivity index (χ0n) is 26.4. The molecule has 0 aliphatic heterocycles. The number of hydrogen-bond donors (Lipinski definition) is 0. The molecule has 0 fully saturated rings. The van der Waals surface area contributed by atoms with Crippen molar-refractivity contribution in [1.29, 1.82) is 0 Å². The third-order valence-corrected chi connectivity index (χ3v) is 11.5. The van der Waals surface area contributed by atoms with Crippen LogP contribution in [0.2, 0.25) is 0 Å². The molecule has 5 heteroatoms. The Balaban J connectivity index is 1.49. The predicted molar refractivity (Wildman–Crippen MR) is 202 cm³/mol. The molecule has 9 rings (SSSR count). The molecule has 0 aliphatic carbocycles. The van der Waals surface area contributed by atoms with Crippen LogP contribution in [-0.4, -0.2) is 34.9 Å². The summed E-state index contributed by atoms with van der Waals surface area (Å²) in [6, 6.07) is 56.0. The first kappa shape index (κ1) is 29.2. The van der Waals surface area contributed by atoms with E-state index in [0.717, 1.165) is 50.3 Å². The summed E-state index contributed by atoms with van der Waals surface area (Å²) in [6.45, 7) is 0. The van der Waals surface area contributed by atoms with Crippen molar-refractivity contribution in [2.24, 2.45) is 0 Å².